The van der Waals surface area contributed by atoms with Crippen molar-refractivity contribution in [2.24, 2.45) is 0 Å². The van der Waals surface area contributed by atoms with Crippen LogP contribution in [0.3, 0.4) is 0 Å². The Morgan fingerprint density at radius 1 is 0.971 bits per heavy atom. The SMILES string of the molecule is CC(Oc1ccccc1)C(=O)Nc1ccc(CCN2CCN(c3nsc4ccccc34)CC2)cc1. The fraction of sp³-hybridized carbons (Fsp3) is 0.286. The molecule has 4 aromatic rings. The van der Waals surface area contributed by atoms with E-state index in [0.717, 1.165) is 50.6 Å². The lowest BCUT2D eigenvalue weighted by molar-refractivity contribution is -0.122. The van der Waals surface area contributed by atoms with Gasteiger partial charge < -0.3 is 15.0 Å². The van der Waals surface area contributed by atoms with Crippen LogP contribution >= 0.6 is 11.5 Å². The molecule has 0 saturated carbocycles. The average molecular weight is 487 g/mol. The summed E-state index contributed by atoms with van der Waals surface area (Å²) in [7, 11) is 0. The van der Waals surface area contributed by atoms with Gasteiger partial charge in [0.05, 0.1) is 4.70 Å². The van der Waals surface area contributed by atoms with Crippen LogP contribution < -0.4 is 15.0 Å². The van der Waals surface area contributed by atoms with Gasteiger partial charge in [-0.2, -0.15) is 4.37 Å². The Balaban J connectivity index is 1.07. The number of carbonyl (C=O) groups is 1. The molecule has 3 aromatic carbocycles. The zero-order valence-corrected chi connectivity index (χ0v) is 20.7. The van der Waals surface area contributed by atoms with Gasteiger partial charge in [0, 0.05) is 43.8 Å². The molecule has 0 spiro atoms. The van der Waals surface area contributed by atoms with Crippen molar-refractivity contribution < 1.29 is 9.53 Å². The number of ether oxygens (including phenoxy) is 1. The summed E-state index contributed by atoms with van der Waals surface area (Å²) >= 11 is 1.58. The van der Waals surface area contributed by atoms with Crippen LogP contribution in [-0.4, -0.2) is 54.0 Å². The predicted molar refractivity (Wildman–Crippen MR) is 144 cm³/mol. The Labute approximate surface area is 210 Å². The lowest BCUT2D eigenvalue weighted by Crippen LogP contribution is -2.47. The maximum absolute atomic E-state index is 12.5. The Bertz CT molecular complexity index is 1250. The summed E-state index contributed by atoms with van der Waals surface area (Å²) in [6.07, 6.45) is 0.416. The normalized spacial score (nSPS) is 15.2. The van der Waals surface area contributed by atoms with E-state index in [2.05, 4.69) is 51.5 Å². The molecule has 1 aromatic heterocycles. The first-order chi connectivity index (χ1) is 17.2. The minimum atomic E-state index is -0.571. The molecule has 180 valence electrons. The Morgan fingerprint density at radius 2 is 1.69 bits per heavy atom. The van der Waals surface area contributed by atoms with Crippen LogP contribution in [0.5, 0.6) is 5.75 Å². The van der Waals surface area contributed by atoms with E-state index in [-0.39, 0.29) is 5.91 Å². The zero-order valence-electron chi connectivity index (χ0n) is 19.9. The monoisotopic (exact) mass is 486 g/mol. The number of nitrogens with zero attached hydrogens (tertiary/aromatic N) is 3. The van der Waals surface area contributed by atoms with E-state index in [1.165, 1.54) is 15.6 Å². The van der Waals surface area contributed by atoms with Gasteiger partial charge in [-0.1, -0.05) is 42.5 Å². The Morgan fingerprint density at radius 3 is 2.46 bits per heavy atom. The fourth-order valence-corrected chi connectivity index (χ4v) is 5.12. The van der Waals surface area contributed by atoms with Gasteiger partial charge in [-0.3, -0.25) is 9.69 Å². The number of para-hydroxylation sites is 1. The third kappa shape index (κ3) is 5.81. The van der Waals surface area contributed by atoms with Gasteiger partial charge in [0.15, 0.2) is 6.10 Å². The molecule has 1 amide bonds. The number of nitrogens with one attached hydrogen (secondary N) is 1. The Hall–Kier alpha value is -3.42. The van der Waals surface area contributed by atoms with Crippen molar-refractivity contribution in [3.05, 3.63) is 84.4 Å². The highest BCUT2D eigenvalue weighted by Gasteiger charge is 2.20. The number of piperazine rings is 1. The highest BCUT2D eigenvalue weighted by atomic mass is 32.1. The molecule has 0 aliphatic carbocycles. The second-order valence-corrected chi connectivity index (χ2v) is 9.65. The van der Waals surface area contributed by atoms with Crippen LogP contribution in [-0.2, 0) is 11.2 Å². The van der Waals surface area contributed by atoms with Gasteiger partial charge in [0.1, 0.15) is 11.6 Å². The van der Waals surface area contributed by atoms with Crippen molar-refractivity contribution in [3.8, 4) is 5.75 Å². The standard InChI is InChI=1S/C28H30N4O2S/c1-21(34-24-7-3-2-4-8-24)28(33)29-23-13-11-22(12-14-23)15-16-31-17-19-32(20-18-31)27-25-9-5-6-10-26(25)35-30-27/h2-14,21H,15-20H2,1H3,(H,29,33). The molecule has 35 heavy (non-hydrogen) atoms. The first kappa shape index (κ1) is 23.3. The number of amides is 1. The summed E-state index contributed by atoms with van der Waals surface area (Å²) in [4.78, 5) is 17.4. The molecule has 1 unspecified atom stereocenters. The van der Waals surface area contributed by atoms with Crippen LogP contribution in [0, 0.1) is 0 Å². The number of benzene rings is 3. The number of aromatic nitrogens is 1. The quantitative estimate of drug-likeness (QED) is 0.377. The molecule has 1 fully saturated rings. The van der Waals surface area contributed by atoms with E-state index in [4.69, 9.17) is 9.11 Å². The second kappa shape index (κ2) is 10.9. The number of anilines is 2. The molecule has 1 saturated heterocycles. The lowest BCUT2D eigenvalue weighted by Gasteiger charge is -2.35. The number of hydrogen-bond donors (Lipinski definition) is 1. The molecule has 1 aliphatic rings. The predicted octanol–water partition coefficient (Wildman–Crippen LogP) is 5.07. The lowest BCUT2D eigenvalue weighted by atomic mass is 10.1. The van der Waals surface area contributed by atoms with Crippen LogP contribution in [0.2, 0.25) is 0 Å². The topological polar surface area (TPSA) is 57.7 Å². The maximum atomic E-state index is 12.5. The first-order valence-corrected chi connectivity index (χ1v) is 12.9. The van der Waals surface area contributed by atoms with Gasteiger partial charge >= 0.3 is 0 Å². The highest BCUT2D eigenvalue weighted by molar-refractivity contribution is 7.13. The molecule has 0 radical (unpaired) electrons. The molecule has 5 rings (SSSR count). The highest BCUT2D eigenvalue weighted by Crippen LogP contribution is 2.29. The van der Waals surface area contributed by atoms with E-state index >= 15 is 0 Å². The number of rotatable bonds is 8. The fourth-order valence-electron chi connectivity index (χ4n) is 4.33. The van der Waals surface area contributed by atoms with Crippen molar-refractivity contribution >= 4 is 39.0 Å². The molecule has 6 nitrogen and oxygen atoms in total. The Kier molecular flexibility index (Phi) is 7.25. The van der Waals surface area contributed by atoms with E-state index in [9.17, 15) is 4.79 Å². The summed E-state index contributed by atoms with van der Waals surface area (Å²) in [6, 6.07) is 26.0. The minimum absolute atomic E-state index is 0.160. The van der Waals surface area contributed by atoms with Crippen molar-refractivity contribution in [2.75, 3.05) is 42.9 Å². The minimum Gasteiger partial charge on any atom is -0.481 e. The summed E-state index contributed by atoms with van der Waals surface area (Å²) in [5.41, 5.74) is 2.05. The number of fused-ring (bicyclic) bond motifs is 1. The third-order valence-corrected chi connectivity index (χ3v) is 7.21. The van der Waals surface area contributed by atoms with E-state index in [0.29, 0.717) is 5.75 Å². The van der Waals surface area contributed by atoms with Gasteiger partial charge in [-0.05, 0) is 66.8 Å². The molecular formula is C28H30N4O2S. The van der Waals surface area contributed by atoms with Gasteiger partial charge in [-0.25, -0.2) is 0 Å². The summed E-state index contributed by atoms with van der Waals surface area (Å²) in [5.74, 6) is 1.66. The molecular weight excluding hydrogens is 456 g/mol. The zero-order chi connectivity index (χ0) is 24.0. The van der Waals surface area contributed by atoms with Gasteiger partial charge in [-0.15, -0.1) is 0 Å². The molecule has 1 atom stereocenters. The molecule has 2 heterocycles. The third-order valence-electron chi connectivity index (χ3n) is 6.39. The smallest absolute Gasteiger partial charge is 0.265 e. The molecule has 7 heteroatoms. The average Bonchev–Trinajstić information content (AvgIpc) is 3.33. The number of carbonyl (C=O) groups excluding carboxylic acids is 1. The van der Waals surface area contributed by atoms with Crippen LogP contribution in [0.25, 0.3) is 10.1 Å². The van der Waals surface area contributed by atoms with Crippen molar-refractivity contribution in [1.29, 1.82) is 0 Å². The van der Waals surface area contributed by atoms with E-state index < -0.39 is 6.10 Å². The molecule has 0 bridgehead atoms. The van der Waals surface area contributed by atoms with Crippen molar-refractivity contribution in [3.63, 3.8) is 0 Å². The molecule has 1 aliphatic heterocycles. The van der Waals surface area contributed by atoms with Crippen LogP contribution in [0.4, 0.5) is 11.5 Å². The first-order valence-electron chi connectivity index (χ1n) is 12.1. The summed E-state index contributed by atoms with van der Waals surface area (Å²) in [5, 5.41) is 4.20. The van der Waals surface area contributed by atoms with Crippen molar-refractivity contribution in [1.82, 2.24) is 9.27 Å². The van der Waals surface area contributed by atoms with Crippen LogP contribution in [0.1, 0.15) is 12.5 Å². The summed E-state index contributed by atoms with van der Waals surface area (Å²) < 4.78 is 11.7. The summed E-state index contributed by atoms with van der Waals surface area (Å²) in [6.45, 7) is 6.87. The van der Waals surface area contributed by atoms with E-state index in [1.54, 1.807) is 18.5 Å². The van der Waals surface area contributed by atoms with Crippen molar-refractivity contribution in [2.45, 2.75) is 19.4 Å². The van der Waals surface area contributed by atoms with E-state index in [1.807, 2.05) is 42.5 Å². The maximum Gasteiger partial charge on any atom is 0.265 e. The van der Waals surface area contributed by atoms with Crippen LogP contribution in [0.15, 0.2) is 78.9 Å². The van der Waals surface area contributed by atoms with Gasteiger partial charge in [0.2, 0.25) is 0 Å². The second-order valence-electron chi connectivity index (χ2n) is 8.84. The molecule has 1 N–H and O–H groups in total. The number of hydrogen-bond acceptors (Lipinski definition) is 6. The largest absolute Gasteiger partial charge is 0.481 e. The van der Waals surface area contributed by atoms with Gasteiger partial charge in [0.25, 0.3) is 5.91 Å².